The summed E-state index contributed by atoms with van der Waals surface area (Å²) in [6.07, 6.45) is 0. The van der Waals surface area contributed by atoms with Crippen molar-refractivity contribution in [3.63, 3.8) is 0 Å². The highest BCUT2D eigenvalue weighted by atomic mass is 16.5. The summed E-state index contributed by atoms with van der Waals surface area (Å²) >= 11 is 0. The largest absolute Gasteiger partial charge is 0.496 e. The molecule has 0 radical (unpaired) electrons. The number of rotatable bonds is 4. The molecule has 1 aromatic heterocycles. The second-order valence-electron chi connectivity index (χ2n) is 5.63. The summed E-state index contributed by atoms with van der Waals surface area (Å²) in [4.78, 5) is 4.65. The normalized spacial score (nSPS) is 10.9. The molecule has 0 bridgehead atoms. The Hall–Kier alpha value is -2.55. The lowest BCUT2D eigenvalue weighted by Gasteiger charge is -2.10. The van der Waals surface area contributed by atoms with Crippen molar-refractivity contribution >= 4 is 22.4 Å². The van der Waals surface area contributed by atoms with Gasteiger partial charge in [-0.1, -0.05) is 32.0 Å². The summed E-state index contributed by atoms with van der Waals surface area (Å²) in [5.74, 6) is 2.22. The first-order valence-electron chi connectivity index (χ1n) is 7.48. The molecule has 0 fully saturated rings. The number of anilines is 2. The van der Waals surface area contributed by atoms with E-state index in [2.05, 4.69) is 48.4 Å². The Bertz CT molecular complexity index is 779. The Morgan fingerprint density at radius 3 is 2.41 bits per heavy atom. The number of nitrogens with one attached hydrogen (secondary N) is 1. The number of methoxy groups -OCH3 is 1. The van der Waals surface area contributed by atoms with Crippen LogP contribution in [0.2, 0.25) is 0 Å². The van der Waals surface area contributed by atoms with Crippen molar-refractivity contribution < 1.29 is 4.74 Å². The van der Waals surface area contributed by atoms with Crippen LogP contribution in [0.15, 0.2) is 54.6 Å². The van der Waals surface area contributed by atoms with Gasteiger partial charge in [0.1, 0.15) is 11.6 Å². The predicted molar refractivity (Wildman–Crippen MR) is 92.1 cm³/mol. The molecule has 1 N–H and O–H groups in total. The van der Waals surface area contributed by atoms with E-state index in [-0.39, 0.29) is 0 Å². The van der Waals surface area contributed by atoms with Crippen LogP contribution in [0.3, 0.4) is 0 Å². The fourth-order valence-electron chi connectivity index (χ4n) is 2.47. The van der Waals surface area contributed by atoms with Gasteiger partial charge in [0.2, 0.25) is 0 Å². The van der Waals surface area contributed by atoms with Crippen molar-refractivity contribution in [3.05, 3.63) is 60.2 Å². The minimum Gasteiger partial charge on any atom is -0.496 e. The third-order valence-corrected chi connectivity index (χ3v) is 3.76. The van der Waals surface area contributed by atoms with Crippen molar-refractivity contribution in [3.8, 4) is 5.75 Å². The van der Waals surface area contributed by atoms with Crippen molar-refractivity contribution in [1.29, 1.82) is 0 Å². The highest BCUT2D eigenvalue weighted by Gasteiger charge is 2.04. The van der Waals surface area contributed by atoms with Gasteiger partial charge in [-0.3, -0.25) is 0 Å². The zero-order valence-corrected chi connectivity index (χ0v) is 13.1. The summed E-state index contributed by atoms with van der Waals surface area (Å²) < 4.78 is 5.36. The number of pyridine rings is 1. The lowest BCUT2D eigenvalue weighted by atomic mass is 10.0. The van der Waals surface area contributed by atoms with Gasteiger partial charge in [-0.15, -0.1) is 0 Å². The van der Waals surface area contributed by atoms with Crippen LogP contribution in [0.4, 0.5) is 11.5 Å². The maximum absolute atomic E-state index is 5.36. The molecule has 22 heavy (non-hydrogen) atoms. The smallest absolute Gasteiger partial charge is 0.131 e. The van der Waals surface area contributed by atoms with E-state index in [0.717, 1.165) is 28.2 Å². The van der Waals surface area contributed by atoms with Gasteiger partial charge >= 0.3 is 0 Å². The lowest BCUT2D eigenvalue weighted by Crippen LogP contribution is -1.95. The van der Waals surface area contributed by atoms with Gasteiger partial charge in [0.25, 0.3) is 0 Å². The molecule has 0 spiro atoms. The van der Waals surface area contributed by atoms with Gasteiger partial charge in [-0.05, 0) is 47.9 Å². The molecule has 0 saturated heterocycles. The third-order valence-electron chi connectivity index (χ3n) is 3.76. The fourth-order valence-corrected chi connectivity index (χ4v) is 2.47. The first kappa shape index (κ1) is 14.4. The number of ether oxygens (including phenoxy) is 1. The van der Waals surface area contributed by atoms with Gasteiger partial charge in [-0.2, -0.15) is 0 Å². The number of hydrogen-bond acceptors (Lipinski definition) is 3. The van der Waals surface area contributed by atoms with Crippen molar-refractivity contribution in [2.75, 3.05) is 12.4 Å². The number of nitrogens with zero attached hydrogens (tertiary/aromatic N) is 1. The average Bonchev–Trinajstić information content (AvgIpc) is 2.54. The molecule has 2 aromatic carbocycles. The van der Waals surface area contributed by atoms with E-state index in [0.29, 0.717) is 5.92 Å². The van der Waals surface area contributed by atoms with Crippen LogP contribution in [-0.2, 0) is 0 Å². The molecule has 3 aromatic rings. The van der Waals surface area contributed by atoms with E-state index in [9.17, 15) is 0 Å². The number of benzene rings is 2. The molecule has 0 unspecified atom stereocenters. The fraction of sp³-hybridized carbons (Fsp3) is 0.211. The Balaban J connectivity index is 1.87. The highest BCUT2D eigenvalue weighted by Crippen LogP contribution is 2.26. The molecule has 1 heterocycles. The molecule has 0 atom stereocenters. The van der Waals surface area contributed by atoms with Crippen molar-refractivity contribution in [2.45, 2.75) is 19.8 Å². The summed E-state index contributed by atoms with van der Waals surface area (Å²) in [6, 6.07) is 18.4. The van der Waals surface area contributed by atoms with Gasteiger partial charge in [0, 0.05) is 11.1 Å². The van der Waals surface area contributed by atoms with Gasteiger partial charge in [0.15, 0.2) is 0 Å². The minimum atomic E-state index is 0.542. The maximum Gasteiger partial charge on any atom is 0.131 e. The summed E-state index contributed by atoms with van der Waals surface area (Å²) in [5, 5.41) is 4.37. The van der Waals surface area contributed by atoms with E-state index in [1.807, 2.05) is 30.3 Å². The van der Waals surface area contributed by atoms with Crippen LogP contribution < -0.4 is 10.1 Å². The molecule has 0 aliphatic heterocycles. The monoisotopic (exact) mass is 292 g/mol. The molecule has 0 amide bonds. The van der Waals surface area contributed by atoms with E-state index >= 15 is 0 Å². The van der Waals surface area contributed by atoms with Crippen LogP contribution in [0.5, 0.6) is 5.75 Å². The quantitative estimate of drug-likeness (QED) is 0.725. The Labute approximate surface area is 131 Å². The Kier molecular flexibility index (Phi) is 3.96. The third kappa shape index (κ3) is 2.89. The van der Waals surface area contributed by atoms with Crippen molar-refractivity contribution in [1.82, 2.24) is 4.98 Å². The van der Waals surface area contributed by atoms with Crippen LogP contribution in [-0.4, -0.2) is 12.1 Å². The Morgan fingerprint density at radius 1 is 0.955 bits per heavy atom. The van der Waals surface area contributed by atoms with Crippen LogP contribution in [0.25, 0.3) is 10.9 Å². The number of fused-ring (bicyclic) bond motifs is 1. The van der Waals surface area contributed by atoms with Crippen LogP contribution >= 0.6 is 0 Å². The summed E-state index contributed by atoms with van der Waals surface area (Å²) in [5.41, 5.74) is 3.30. The van der Waals surface area contributed by atoms with Crippen molar-refractivity contribution in [2.24, 2.45) is 0 Å². The topological polar surface area (TPSA) is 34.1 Å². The first-order chi connectivity index (χ1) is 10.7. The second-order valence-corrected chi connectivity index (χ2v) is 5.63. The SMILES string of the molecule is COc1cccc2nc(Nc3ccc(C(C)C)cc3)ccc12. The first-order valence-corrected chi connectivity index (χ1v) is 7.48. The van der Waals surface area contributed by atoms with E-state index in [1.165, 1.54) is 5.56 Å². The molecule has 0 aliphatic rings. The number of aromatic nitrogens is 1. The maximum atomic E-state index is 5.36. The molecular weight excluding hydrogens is 272 g/mol. The second kappa shape index (κ2) is 6.06. The standard InChI is InChI=1S/C19H20N2O/c1-13(2)14-7-9-15(10-8-14)20-19-12-11-16-17(21-19)5-4-6-18(16)22-3/h4-13H,1-3H3,(H,20,21). The molecule has 112 valence electrons. The summed E-state index contributed by atoms with van der Waals surface area (Å²) in [7, 11) is 1.68. The van der Waals surface area contributed by atoms with Gasteiger partial charge < -0.3 is 10.1 Å². The van der Waals surface area contributed by atoms with E-state index in [4.69, 9.17) is 4.74 Å². The molecule has 0 saturated carbocycles. The zero-order valence-electron chi connectivity index (χ0n) is 13.1. The zero-order chi connectivity index (χ0) is 15.5. The number of hydrogen-bond donors (Lipinski definition) is 1. The lowest BCUT2D eigenvalue weighted by molar-refractivity contribution is 0.420. The molecular formula is C19H20N2O. The molecule has 0 aliphatic carbocycles. The predicted octanol–water partition coefficient (Wildman–Crippen LogP) is 5.11. The van der Waals surface area contributed by atoms with Gasteiger partial charge in [-0.25, -0.2) is 4.98 Å². The molecule has 3 nitrogen and oxygen atoms in total. The summed E-state index contributed by atoms with van der Waals surface area (Å²) in [6.45, 7) is 4.39. The van der Waals surface area contributed by atoms with E-state index < -0.39 is 0 Å². The molecule has 3 heteroatoms. The van der Waals surface area contributed by atoms with Crippen LogP contribution in [0.1, 0.15) is 25.3 Å². The van der Waals surface area contributed by atoms with Gasteiger partial charge in [0.05, 0.1) is 12.6 Å². The van der Waals surface area contributed by atoms with E-state index in [1.54, 1.807) is 7.11 Å². The molecule has 3 rings (SSSR count). The highest BCUT2D eigenvalue weighted by molar-refractivity contribution is 5.86. The average molecular weight is 292 g/mol. The Morgan fingerprint density at radius 2 is 1.73 bits per heavy atom. The van der Waals surface area contributed by atoms with Crippen LogP contribution in [0, 0.1) is 0 Å². The minimum absolute atomic E-state index is 0.542.